The van der Waals surface area contributed by atoms with E-state index in [4.69, 9.17) is 4.74 Å². The van der Waals surface area contributed by atoms with Crippen molar-refractivity contribution >= 4 is 63.0 Å². The minimum absolute atomic E-state index is 0.0843. The van der Waals surface area contributed by atoms with Crippen LogP contribution in [-0.4, -0.2) is 30.9 Å². The lowest BCUT2D eigenvalue weighted by molar-refractivity contribution is -0.119. The number of halogens is 2. The fraction of sp³-hybridized carbons (Fsp3) is 0.125. The van der Waals surface area contributed by atoms with Crippen molar-refractivity contribution in [2.45, 2.75) is 0 Å². The van der Waals surface area contributed by atoms with Crippen LogP contribution in [0.25, 0.3) is 0 Å². The molecule has 2 aromatic carbocycles. The van der Waals surface area contributed by atoms with E-state index in [2.05, 4.69) is 38.4 Å². The van der Waals surface area contributed by atoms with Crippen molar-refractivity contribution in [2.24, 2.45) is 5.10 Å². The van der Waals surface area contributed by atoms with E-state index in [0.29, 0.717) is 14.9 Å². The molecule has 0 aromatic heterocycles. The molecule has 0 aliphatic carbocycles. The predicted molar refractivity (Wildman–Crippen MR) is 111 cm³/mol. The third kappa shape index (κ3) is 5.51. The number of hydrogen-bond donors (Lipinski definition) is 3. The quantitative estimate of drug-likeness (QED) is 0.293. The first-order valence-corrected chi connectivity index (χ1v) is 9.03. The third-order valence-electron chi connectivity index (χ3n) is 2.97. The van der Waals surface area contributed by atoms with Gasteiger partial charge >= 0.3 is 0 Å². The molecular weight excluding hydrogens is 536 g/mol. The van der Waals surface area contributed by atoms with Crippen LogP contribution in [0, 0.1) is 7.14 Å². The first-order chi connectivity index (χ1) is 11.5. The highest BCUT2D eigenvalue weighted by Gasteiger charge is 2.07. The van der Waals surface area contributed by atoms with Crippen LogP contribution >= 0.6 is 45.2 Å². The molecule has 0 saturated carbocycles. The van der Waals surface area contributed by atoms with Gasteiger partial charge < -0.3 is 15.2 Å². The van der Waals surface area contributed by atoms with E-state index in [1.165, 1.54) is 13.3 Å². The minimum Gasteiger partial charge on any atom is -0.504 e. The molecule has 6 nitrogen and oxygen atoms in total. The Labute approximate surface area is 167 Å². The number of rotatable bonds is 6. The first kappa shape index (κ1) is 18.8. The molecule has 0 aliphatic rings. The molecule has 0 aliphatic heterocycles. The number of aromatic hydroxyl groups is 1. The van der Waals surface area contributed by atoms with Gasteiger partial charge in [-0.25, -0.2) is 5.43 Å². The van der Waals surface area contributed by atoms with Gasteiger partial charge in [0, 0.05) is 9.26 Å². The van der Waals surface area contributed by atoms with E-state index in [1.807, 2.05) is 46.9 Å². The number of nitrogens with one attached hydrogen (secondary N) is 2. The molecule has 0 spiro atoms. The maximum atomic E-state index is 11.8. The number of hydrazone groups is 1. The van der Waals surface area contributed by atoms with Crippen LogP contribution in [0.1, 0.15) is 5.56 Å². The molecule has 0 bridgehead atoms. The molecule has 0 fully saturated rings. The second-order valence-corrected chi connectivity index (χ2v) is 7.12. The fourth-order valence-corrected chi connectivity index (χ4v) is 2.78. The van der Waals surface area contributed by atoms with Gasteiger partial charge in [-0.05, 0) is 87.1 Å². The average Bonchev–Trinajstić information content (AvgIpc) is 2.57. The second-order valence-electron chi connectivity index (χ2n) is 4.71. The number of ether oxygens (including phenoxy) is 1. The summed E-state index contributed by atoms with van der Waals surface area (Å²) in [5.74, 6) is 0.182. The molecule has 0 unspecified atom stereocenters. The molecule has 1 amide bonds. The lowest BCUT2D eigenvalue weighted by Crippen LogP contribution is -2.25. The van der Waals surface area contributed by atoms with Gasteiger partial charge in [-0.2, -0.15) is 5.10 Å². The highest BCUT2D eigenvalue weighted by Crippen LogP contribution is 2.31. The minimum atomic E-state index is -0.259. The van der Waals surface area contributed by atoms with E-state index < -0.39 is 0 Å². The molecule has 3 N–H and O–H groups in total. The zero-order chi connectivity index (χ0) is 17.5. The summed E-state index contributed by atoms with van der Waals surface area (Å²) in [4.78, 5) is 11.8. The maximum Gasteiger partial charge on any atom is 0.259 e. The Bertz CT molecular complexity index is 749. The normalized spacial score (nSPS) is 10.6. The van der Waals surface area contributed by atoms with Crippen molar-refractivity contribution in [3.63, 3.8) is 0 Å². The Balaban J connectivity index is 1.88. The molecule has 0 heterocycles. The van der Waals surface area contributed by atoms with Crippen LogP contribution in [0.4, 0.5) is 5.69 Å². The third-order valence-corrected chi connectivity index (χ3v) is 4.51. The van der Waals surface area contributed by atoms with Crippen molar-refractivity contribution < 1.29 is 14.6 Å². The number of amides is 1. The zero-order valence-electron chi connectivity index (χ0n) is 12.7. The summed E-state index contributed by atoms with van der Waals surface area (Å²) in [7, 11) is 1.48. The lowest BCUT2D eigenvalue weighted by atomic mass is 10.2. The van der Waals surface area contributed by atoms with Gasteiger partial charge in [0.25, 0.3) is 5.91 Å². The number of phenolic OH excluding ortho intramolecular Hbond substituents is 1. The van der Waals surface area contributed by atoms with Crippen molar-refractivity contribution in [1.82, 2.24) is 5.43 Å². The second kappa shape index (κ2) is 9.06. The van der Waals surface area contributed by atoms with E-state index in [1.54, 1.807) is 12.1 Å². The molecule has 24 heavy (non-hydrogen) atoms. The van der Waals surface area contributed by atoms with Gasteiger partial charge in [0.15, 0.2) is 11.5 Å². The molecular formula is C16H15I2N3O3. The number of methoxy groups -OCH3 is 1. The molecule has 0 saturated heterocycles. The first-order valence-electron chi connectivity index (χ1n) is 6.87. The summed E-state index contributed by atoms with van der Waals surface area (Å²) in [6.45, 7) is 0.119. The summed E-state index contributed by atoms with van der Waals surface area (Å²) in [5, 5.41) is 16.7. The zero-order valence-corrected chi connectivity index (χ0v) is 17.0. The Morgan fingerprint density at radius 2 is 2.00 bits per heavy atom. The average molecular weight is 551 g/mol. The number of carbonyl (C=O) groups excluding carboxylic acids is 1. The molecule has 2 aromatic rings. The van der Waals surface area contributed by atoms with E-state index in [-0.39, 0.29) is 18.2 Å². The number of nitrogens with zero attached hydrogens (tertiary/aromatic N) is 1. The SMILES string of the molecule is COc1cc(/C=N\NC(=O)CNc2ccc(I)cc2)cc(I)c1O. The van der Waals surface area contributed by atoms with Gasteiger partial charge in [-0.15, -0.1) is 0 Å². The Hall–Kier alpha value is -1.56. The topological polar surface area (TPSA) is 83.0 Å². The highest BCUT2D eigenvalue weighted by molar-refractivity contribution is 14.1. The monoisotopic (exact) mass is 551 g/mol. The summed E-state index contributed by atoms with van der Waals surface area (Å²) >= 11 is 4.22. The van der Waals surface area contributed by atoms with Crippen molar-refractivity contribution in [2.75, 3.05) is 19.0 Å². The standard InChI is InChI=1S/C16H15I2N3O3/c1-24-14-7-10(6-13(18)16(14)23)8-20-21-15(22)9-19-12-4-2-11(17)3-5-12/h2-8,19,23H,9H2,1H3,(H,21,22)/b20-8-. The number of phenols is 1. The summed E-state index contributed by atoms with van der Waals surface area (Å²) in [6, 6.07) is 11.1. The van der Waals surface area contributed by atoms with Crippen LogP contribution in [0.2, 0.25) is 0 Å². The Morgan fingerprint density at radius 3 is 2.67 bits per heavy atom. The lowest BCUT2D eigenvalue weighted by Gasteiger charge is -2.07. The van der Waals surface area contributed by atoms with Crippen molar-refractivity contribution in [3.05, 3.63) is 49.1 Å². The van der Waals surface area contributed by atoms with E-state index in [9.17, 15) is 9.90 Å². The molecule has 0 atom stereocenters. The molecule has 0 radical (unpaired) electrons. The van der Waals surface area contributed by atoms with Gasteiger partial charge in [-0.3, -0.25) is 4.79 Å². The smallest absolute Gasteiger partial charge is 0.259 e. The number of benzene rings is 2. The molecule has 2 rings (SSSR count). The van der Waals surface area contributed by atoms with E-state index >= 15 is 0 Å². The van der Waals surface area contributed by atoms with Crippen LogP contribution in [0.3, 0.4) is 0 Å². The van der Waals surface area contributed by atoms with Crippen LogP contribution in [-0.2, 0) is 4.79 Å². The number of anilines is 1. The van der Waals surface area contributed by atoms with Gasteiger partial charge in [0.05, 0.1) is 23.4 Å². The predicted octanol–water partition coefficient (Wildman–Crippen LogP) is 3.17. The maximum absolute atomic E-state index is 11.8. The highest BCUT2D eigenvalue weighted by atomic mass is 127. The van der Waals surface area contributed by atoms with Crippen LogP contribution in [0.15, 0.2) is 41.5 Å². The fourth-order valence-electron chi connectivity index (χ4n) is 1.79. The van der Waals surface area contributed by atoms with Gasteiger partial charge in [0.1, 0.15) is 0 Å². The molecule has 126 valence electrons. The Morgan fingerprint density at radius 1 is 1.29 bits per heavy atom. The number of carbonyl (C=O) groups is 1. The Kier molecular flexibility index (Phi) is 7.09. The van der Waals surface area contributed by atoms with E-state index in [0.717, 1.165) is 9.26 Å². The summed E-state index contributed by atoms with van der Waals surface area (Å²) in [6.07, 6.45) is 1.49. The van der Waals surface area contributed by atoms with Crippen LogP contribution in [0.5, 0.6) is 11.5 Å². The largest absolute Gasteiger partial charge is 0.504 e. The summed E-state index contributed by atoms with van der Waals surface area (Å²) < 4.78 is 6.85. The van der Waals surface area contributed by atoms with Crippen molar-refractivity contribution in [1.29, 1.82) is 0 Å². The van der Waals surface area contributed by atoms with Gasteiger partial charge in [-0.1, -0.05) is 0 Å². The van der Waals surface area contributed by atoms with Gasteiger partial charge in [0.2, 0.25) is 0 Å². The summed E-state index contributed by atoms with van der Waals surface area (Å²) in [5.41, 5.74) is 4.02. The number of hydrogen-bond acceptors (Lipinski definition) is 5. The van der Waals surface area contributed by atoms with Crippen molar-refractivity contribution in [3.8, 4) is 11.5 Å². The molecule has 8 heteroatoms. The van der Waals surface area contributed by atoms with Crippen LogP contribution < -0.4 is 15.5 Å².